The Morgan fingerprint density at radius 3 is 2.38 bits per heavy atom. The normalized spacial score (nSPS) is 22.4. The minimum Gasteiger partial charge on any atom is -0.365 e. The number of alkyl halides is 1. The van der Waals surface area contributed by atoms with Gasteiger partial charge in [-0.3, -0.25) is 0 Å². The summed E-state index contributed by atoms with van der Waals surface area (Å²) in [4.78, 5) is 10.5. The fourth-order valence-corrected chi connectivity index (χ4v) is 2.56. The summed E-state index contributed by atoms with van der Waals surface area (Å²) in [6.07, 6.45) is 15.2. The predicted molar refractivity (Wildman–Crippen MR) is 84.9 cm³/mol. The molecule has 4 heteroatoms. The zero-order valence-corrected chi connectivity index (χ0v) is 13.1. The van der Waals surface area contributed by atoms with Crippen molar-refractivity contribution in [1.82, 2.24) is 0 Å². The van der Waals surface area contributed by atoms with Gasteiger partial charge in [0.25, 0.3) is 6.30 Å². The first-order chi connectivity index (χ1) is 10.2. The van der Waals surface area contributed by atoms with Gasteiger partial charge in [-0.1, -0.05) is 70.1 Å². The number of hydrogen-bond donors (Lipinski definition) is 0. The van der Waals surface area contributed by atoms with Crippen LogP contribution < -0.4 is 0 Å². The van der Waals surface area contributed by atoms with Gasteiger partial charge in [-0.15, -0.1) is 4.91 Å². The van der Waals surface area contributed by atoms with Crippen LogP contribution in [0, 0.1) is 4.91 Å². The molecule has 1 aliphatic rings. The molecule has 2 unspecified atom stereocenters. The van der Waals surface area contributed by atoms with Gasteiger partial charge in [0.05, 0.1) is 0 Å². The lowest BCUT2D eigenvalue weighted by molar-refractivity contribution is -0.0599. The monoisotopic (exact) mass is 297 g/mol. The molecule has 3 nitrogen and oxygen atoms in total. The van der Waals surface area contributed by atoms with Crippen molar-refractivity contribution in [3.63, 3.8) is 0 Å². The van der Waals surface area contributed by atoms with E-state index >= 15 is 0 Å². The first kappa shape index (κ1) is 18.0. The number of hydrogen-bond acceptors (Lipinski definition) is 3. The summed E-state index contributed by atoms with van der Waals surface area (Å²) < 4.78 is 19.4. The lowest BCUT2D eigenvalue weighted by Crippen LogP contribution is -2.40. The smallest absolute Gasteiger partial charge is 0.262 e. The molecule has 120 valence electrons. The molecule has 0 heterocycles. The topological polar surface area (TPSA) is 38.7 Å². The Labute approximate surface area is 127 Å². The number of ether oxygens (including phenoxy) is 1. The average molecular weight is 297 g/mol. The molecule has 0 aromatic heterocycles. The molecule has 0 spiro atoms. The van der Waals surface area contributed by atoms with Crippen LogP contribution in [0.15, 0.2) is 29.5 Å². The maximum absolute atomic E-state index is 13.7. The van der Waals surface area contributed by atoms with Crippen molar-refractivity contribution >= 4 is 0 Å². The van der Waals surface area contributed by atoms with Gasteiger partial charge in [-0.05, 0) is 17.7 Å². The number of nitrogens with zero attached hydrogens (tertiary/aromatic N) is 1. The molecular formula is C17H28FNO2. The van der Waals surface area contributed by atoms with Crippen LogP contribution in [0.3, 0.4) is 0 Å². The minimum atomic E-state index is -1.84. The van der Waals surface area contributed by atoms with E-state index in [9.17, 15) is 9.30 Å². The van der Waals surface area contributed by atoms with Crippen molar-refractivity contribution in [3.8, 4) is 0 Å². The van der Waals surface area contributed by atoms with Crippen molar-refractivity contribution in [2.45, 2.75) is 76.6 Å². The summed E-state index contributed by atoms with van der Waals surface area (Å²) in [5.74, 6) is 0. The highest BCUT2D eigenvalue weighted by Gasteiger charge is 2.39. The van der Waals surface area contributed by atoms with Gasteiger partial charge < -0.3 is 4.74 Å². The van der Waals surface area contributed by atoms with Crippen LogP contribution in [0.5, 0.6) is 0 Å². The number of rotatable bonds is 12. The Balaban J connectivity index is 2.16. The number of allylic oxidation sites excluding steroid dienone is 2. The lowest BCUT2D eigenvalue weighted by Gasteiger charge is -2.31. The first-order valence-electron chi connectivity index (χ1n) is 8.20. The zero-order valence-electron chi connectivity index (χ0n) is 13.1. The second kappa shape index (κ2) is 10.7. The van der Waals surface area contributed by atoms with E-state index in [-0.39, 0.29) is 0 Å². The minimum absolute atomic E-state index is 0.368. The molecule has 0 aliphatic heterocycles. The van der Waals surface area contributed by atoms with Crippen LogP contribution >= 0.6 is 0 Å². The summed E-state index contributed by atoms with van der Waals surface area (Å²) in [6, 6.07) is 0. The van der Waals surface area contributed by atoms with Gasteiger partial charge in [0, 0.05) is 13.0 Å². The molecule has 0 saturated heterocycles. The standard InChI is InChI=1S/C17H28FNO2/c1-2-3-4-5-6-7-8-12-15-21-17(16(18)19-20)13-10-9-11-14-17/h9-11,13,16H,2-8,12,14-15H2,1H3. The second-order valence-electron chi connectivity index (χ2n) is 5.71. The van der Waals surface area contributed by atoms with Gasteiger partial charge in [-0.2, -0.15) is 0 Å². The average Bonchev–Trinajstić information content (AvgIpc) is 2.53. The van der Waals surface area contributed by atoms with Gasteiger partial charge in [-0.25, -0.2) is 4.39 Å². The molecule has 1 rings (SSSR count). The van der Waals surface area contributed by atoms with Crippen LogP contribution in [0.4, 0.5) is 4.39 Å². The van der Waals surface area contributed by atoms with E-state index in [0.29, 0.717) is 13.0 Å². The van der Waals surface area contributed by atoms with E-state index in [1.165, 1.54) is 38.5 Å². The molecule has 0 fully saturated rings. The van der Waals surface area contributed by atoms with Crippen LogP contribution in [-0.4, -0.2) is 18.5 Å². The van der Waals surface area contributed by atoms with Crippen molar-refractivity contribution < 1.29 is 9.13 Å². The van der Waals surface area contributed by atoms with Crippen molar-refractivity contribution in [2.24, 2.45) is 5.18 Å². The quantitative estimate of drug-likeness (QED) is 0.272. The molecule has 0 bridgehead atoms. The highest BCUT2D eigenvalue weighted by molar-refractivity contribution is 5.20. The van der Waals surface area contributed by atoms with E-state index < -0.39 is 11.9 Å². The maximum Gasteiger partial charge on any atom is 0.262 e. The Kier molecular flexibility index (Phi) is 9.15. The predicted octanol–water partition coefficient (Wildman–Crippen LogP) is 5.46. The zero-order chi connectivity index (χ0) is 15.4. The summed E-state index contributed by atoms with van der Waals surface area (Å²) in [7, 11) is 0. The Bertz CT molecular complexity index is 344. The Hall–Kier alpha value is -1.03. The third-order valence-corrected chi connectivity index (χ3v) is 3.93. The van der Waals surface area contributed by atoms with Crippen molar-refractivity contribution in [1.29, 1.82) is 0 Å². The molecule has 0 radical (unpaired) electrons. The molecular weight excluding hydrogens is 269 g/mol. The van der Waals surface area contributed by atoms with Crippen LogP contribution in [-0.2, 0) is 4.74 Å². The first-order valence-corrected chi connectivity index (χ1v) is 8.20. The molecule has 1 aliphatic carbocycles. The van der Waals surface area contributed by atoms with Gasteiger partial charge in [0.1, 0.15) is 5.60 Å². The van der Waals surface area contributed by atoms with E-state index in [1.54, 1.807) is 12.2 Å². The molecule has 21 heavy (non-hydrogen) atoms. The molecule has 2 atom stereocenters. The van der Waals surface area contributed by atoms with Gasteiger partial charge >= 0.3 is 0 Å². The second-order valence-corrected chi connectivity index (χ2v) is 5.71. The highest BCUT2D eigenvalue weighted by Crippen LogP contribution is 2.29. The van der Waals surface area contributed by atoms with Crippen LogP contribution in [0.2, 0.25) is 0 Å². The molecule has 0 saturated carbocycles. The Morgan fingerprint density at radius 2 is 1.81 bits per heavy atom. The van der Waals surface area contributed by atoms with E-state index in [2.05, 4.69) is 12.1 Å². The molecule has 0 amide bonds. The molecule has 0 N–H and O–H groups in total. The summed E-state index contributed by atoms with van der Waals surface area (Å²) >= 11 is 0. The third kappa shape index (κ3) is 6.51. The third-order valence-electron chi connectivity index (χ3n) is 3.93. The Morgan fingerprint density at radius 1 is 1.14 bits per heavy atom. The van der Waals surface area contributed by atoms with E-state index in [4.69, 9.17) is 4.74 Å². The van der Waals surface area contributed by atoms with Crippen LogP contribution in [0.1, 0.15) is 64.7 Å². The van der Waals surface area contributed by atoms with E-state index in [0.717, 1.165) is 12.8 Å². The SMILES string of the molecule is CCCCCCCCCCOC1(C(F)N=O)C=CC=CC1. The number of nitroso groups, excluding NO2 is 1. The van der Waals surface area contributed by atoms with Crippen molar-refractivity contribution in [2.75, 3.05) is 6.61 Å². The van der Waals surface area contributed by atoms with Gasteiger partial charge in [0.15, 0.2) is 0 Å². The molecule has 0 aromatic rings. The summed E-state index contributed by atoms with van der Waals surface area (Å²) in [6.45, 7) is 2.69. The van der Waals surface area contributed by atoms with Crippen LogP contribution in [0.25, 0.3) is 0 Å². The molecule has 0 aromatic carbocycles. The fourth-order valence-electron chi connectivity index (χ4n) is 2.56. The van der Waals surface area contributed by atoms with E-state index in [1.807, 2.05) is 12.2 Å². The summed E-state index contributed by atoms with van der Waals surface area (Å²) in [5.41, 5.74) is -1.18. The number of halogens is 1. The van der Waals surface area contributed by atoms with Crippen molar-refractivity contribution in [3.05, 3.63) is 29.2 Å². The largest absolute Gasteiger partial charge is 0.365 e. The summed E-state index contributed by atoms with van der Waals surface area (Å²) in [5, 5.41) is 2.51. The maximum atomic E-state index is 13.7. The lowest BCUT2D eigenvalue weighted by atomic mass is 9.94. The highest BCUT2D eigenvalue weighted by atomic mass is 19.1. The van der Waals surface area contributed by atoms with Gasteiger partial charge in [0.2, 0.25) is 0 Å². The fraction of sp³-hybridized carbons (Fsp3) is 0.765. The number of unbranched alkanes of at least 4 members (excludes halogenated alkanes) is 7.